The molecule has 0 amide bonds. The summed E-state index contributed by atoms with van der Waals surface area (Å²) in [6.45, 7) is 0.231. The molecule has 0 atom stereocenters. The lowest BCUT2D eigenvalue weighted by molar-refractivity contribution is 0.304. The van der Waals surface area contributed by atoms with Crippen LogP contribution in [0.15, 0.2) is 40.9 Å². The molecule has 0 unspecified atom stereocenters. The lowest BCUT2D eigenvalue weighted by Gasteiger charge is -2.09. The average molecular weight is 350 g/mol. The van der Waals surface area contributed by atoms with E-state index in [0.717, 1.165) is 0 Å². The minimum atomic E-state index is -0.319. The monoisotopic (exact) mass is 348 g/mol. The Morgan fingerprint density at radius 3 is 2.44 bits per heavy atom. The second-order valence-electron chi connectivity index (χ2n) is 3.61. The van der Waals surface area contributed by atoms with Gasteiger partial charge in [-0.25, -0.2) is 4.39 Å². The fourth-order valence-corrected chi connectivity index (χ4v) is 2.32. The summed E-state index contributed by atoms with van der Waals surface area (Å²) in [4.78, 5) is 0. The predicted molar refractivity (Wildman–Crippen MR) is 74.9 cm³/mol. The van der Waals surface area contributed by atoms with Crippen LogP contribution in [0.2, 0.25) is 10.0 Å². The van der Waals surface area contributed by atoms with E-state index in [4.69, 9.17) is 27.9 Å². The van der Waals surface area contributed by atoms with Crippen molar-refractivity contribution in [3.63, 3.8) is 0 Å². The van der Waals surface area contributed by atoms with Crippen molar-refractivity contribution in [2.24, 2.45) is 0 Å². The number of benzene rings is 2. The Bertz CT molecular complexity index is 555. The Morgan fingerprint density at radius 1 is 1.11 bits per heavy atom. The third kappa shape index (κ3) is 3.37. The zero-order valence-electron chi connectivity index (χ0n) is 9.09. The maximum absolute atomic E-state index is 13.3. The summed E-state index contributed by atoms with van der Waals surface area (Å²) in [5, 5.41) is 0.992. The van der Waals surface area contributed by atoms with Gasteiger partial charge in [0.25, 0.3) is 0 Å². The van der Waals surface area contributed by atoms with Crippen LogP contribution >= 0.6 is 39.1 Å². The Hall–Kier alpha value is -0.770. The van der Waals surface area contributed by atoms with Gasteiger partial charge in [0.05, 0.1) is 4.47 Å². The first-order valence-corrected chi connectivity index (χ1v) is 6.63. The van der Waals surface area contributed by atoms with Crippen molar-refractivity contribution in [1.29, 1.82) is 0 Å². The van der Waals surface area contributed by atoms with Crippen LogP contribution in [0.5, 0.6) is 5.75 Å². The minimum Gasteiger partial charge on any atom is -0.489 e. The third-order valence-corrected chi connectivity index (χ3v) is 3.59. The van der Waals surface area contributed by atoms with Gasteiger partial charge >= 0.3 is 0 Å². The summed E-state index contributed by atoms with van der Waals surface area (Å²) >= 11 is 14.9. The van der Waals surface area contributed by atoms with E-state index in [9.17, 15) is 4.39 Å². The summed E-state index contributed by atoms with van der Waals surface area (Å²) < 4.78 is 19.2. The molecule has 0 saturated heterocycles. The van der Waals surface area contributed by atoms with Crippen molar-refractivity contribution in [2.75, 3.05) is 0 Å². The molecule has 5 heteroatoms. The molecule has 0 aromatic heterocycles. The molecule has 0 spiro atoms. The highest BCUT2D eigenvalue weighted by Crippen LogP contribution is 2.26. The van der Waals surface area contributed by atoms with Crippen LogP contribution in [0.3, 0.4) is 0 Å². The second-order valence-corrected chi connectivity index (χ2v) is 5.27. The van der Waals surface area contributed by atoms with E-state index in [2.05, 4.69) is 15.9 Å². The lowest BCUT2D eigenvalue weighted by Crippen LogP contribution is -1.97. The molecule has 18 heavy (non-hydrogen) atoms. The van der Waals surface area contributed by atoms with Gasteiger partial charge in [-0.3, -0.25) is 0 Å². The van der Waals surface area contributed by atoms with Gasteiger partial charge in [0.1, 0.15) is 18.2 Å². The molecule has 2 aromatic rings. The highest BCUT2D eigenvalue weighted by atomic mass is 79.9. The number of halogens is 4. The Labute approximate surface area is 123 Å². The van der Waals surface area contributed by atoms with Gasteiger partial charge in [-0.2, -0.15) is 0 Å². The zero-order valence-corrected chi connectivity index (χ0v) is 12.2. The van der Waals surface area contributed by atoms with E-state index in [1.54, 1.807) is 30.3 Å². The van der Waals surface area contributed by atoms with Crippen LogP contribution in [0.4, 0.5) is 4.39 Å². The van der Waals surface area contributed by atoms with Crippen molar-refractivity contribution in [3.05, 3.63) is 62.3 Å². The van der Waals surface area contributed by atoms with Crippen LogP contribution in [0.25, 0.3) is 0 Å². The van der Waals surface area contributed by atoms with Gasteiger partial charge in [0.2, 0.25) is 0 Å². The molecule has 0 saturated carbocycles. The van der Waals surface area contributed by atoms with Gasteiger partial charge in [-0.1, -0.05) is 35.3 Å². The molecule has 0 bridgehead atoms. The van der Waals surface area contributed by atoms with Gasteiger partial charge < -0.3 is 4.74 Å². The van der Waals surface area contributed by atoms with Gasteiger partial charge in [-0.05, 0) is 40.2 Å². The number of hydrogen-bond acceptors (Lipinski definition) is 1. The molecule has 94 valence electrons. The van der Waals surface area contributed by atoms with Crippen molar-refractivity contribution < 1.29 is 9.13 Å². The van der Waals surface area contributed by atoms with Crippen LogP contribution < -0.4 is 4.74 Å². The van der Waals surface area contributed by atoms with E-state index in [1.807, 2.05) is 0 Å². The van der Waals surface area contributed by atoms with Crippen LogP contribution in [-0.2, 0) is 6.61 Å². The van der Waals surface area contributed by atoms with Gasteiger partial charge in [0, 0.05) is 15.6 Å². The smallest absolute Gasteiger partial charge is 0.137 e. The molecule has 0 radical (unpaired) electrons. The molecule has 2 rings (SSSR count). The molecule has 0 aliphatic heterocycles. The van der Waals surface area contributed by atoms with E-state index in [1.165, 1.54) is 6.07 Å². The summed E-state index contributed by atoms with van der Waals surface area (Å²) in [5.74, 6) is 0.226. The molecular formula is C13H8BrCl2FO. The van der Waals surface area contributed by atoms with E-state index < -0.39 is 0 Å². The first-order valence-electron chi connectivity index (χ1n) is 5.08. The van der Waals surface area contributed by atoms with Gasteiger partial charge in [-0.15, -0.1) is 0 Å². The number of hydrogen-bond donors (Lipinski definition) is 0. The Morgan fingerprint density at radius 2 is 1.78 bits per heavy atom. The van der Waals surface area contributed by atoms with Crippen LogP contribution in [0.1, 0.15) is 5.56 Å². The molecular weight excluding hydrogens is 342 g/mol. The highest BCUT2D eigenvalue weighted by Gasteiger charge is 2.06. The summed E-state index contributed by atoms with van der Waals surface area (Å²) in [6.07, 6.45) is 0. The largest absolute Gasteiger partial charge is 0.489 e. The van der Waals surface area contributed by atoms with Crippen molar-refractivity contribution in [1.82, 2.24) is 0 Å². The first kappa shape index (κ1) is 13.7. The fraction of sp³-hybridized carbons (Fsp3) is 0.0769. The Kier molecular flexibility index (Phi) is 4.49. The third-order valence-electron chi connectivity index (χ3n) is 2.26. The molecule has 0 fully saturated rings. The molecule has 1 nitrogen and oxygen atoms in total. The summed E-state index contributed by atoms with van der Waals surface area (Å²) in [6, 6.07) is 9.71. The highest BCUT2D eigenvalue weighted by molar-refractivity contribution is 9.10. The Balaban J connectivity index is 2.14. The van der Waals surface area contributed by atoms with E-state index >= 15 is 0 Å². The standard InChI is InChI=1S/C13H8BrCl2FO/c14-13-8(2-1-3-12(13)17)7-18-11-5-9(15)4-10(16)6-11/h1-6H,7H2. The maximum Gasteiger partial charge on any atom is 0.137 e. The lowest BCUT2D eigenvalue weighted by atomic mass is 10.2. The van der Waals surface area contributed by atoms with Crippen LogP contribution in [-0.4, -0.2) is 0 Å². The topological polar surface area (TPSA) is 9.23 Å². The zero-order chi connectivity index (χ0) is 13.1. The molecule has 0 heterocycles. The van der Waals surface area contributed by atoms with Crippen molar-refractivity contribution in [3.8, 4) is 5.75 Å². The predicted octanol–water partition coefficient (Wildman–Crippen LogP) is 5.47. The number of ether oxygens (including phenoxy) is 1. The minimum absolute atomic E-state index is 0.231. The quantitative estimate of drug-likeness (QED) is 0.713. The summed E-state index contributed by atoms with van der Waals surface area (Å²) in [7, 11) is 0. The maximum atomic E-state index is 13.3. The average Bonchev–Trinajstić information content (AvgIpc) is 2.30. The molecule has 0 aliphatic rings. The summed E-state index contributed by atoms with van der Waals surface area (Å²) in [5.41, 5.74) is 0.714. The second kappa shape index (κ2) is 5.91. The van der Waals surface area contributed by atoms with Gasteiger partial charge in [0.15, 0.2) is 0 Å². The molecule has 0 N–H and O–H groups in total. The molecule has 2 aromatic carbocycles. The van der Waals surface area contributed by atoms with E-state index in [0.29, 0.717) is 25.8 Å². The SMILES string of the molecule is Fc1cccc(COc2cc(Cl)cc(Cl)c2)c1Br. The van der Waals surface area contributed by atoms with E-state index in [-0.39, 0.29) is 12.4 Å². The number of rotatable bonds is 3. The molecule has 0 aliphatic carbocycles. The first-order chi connectivity index (χ1) is 8.56. The van der Waals surface area contributed by atoms with Crippen LogP contribution in [0, 0.1) is 5.82 Å². The normalized spacial score (nSPS) is 10.4. The van der Waals surface area contributed by atoms with Crippen molar-refractivity contribution >= 4 is 39.1 Å². The fourth-order valence-electron chi connectivity index (χ4n) is 1.43. The van der Waals surface area contributed by atoms with Crippen molar-refractivity contribution in [2.45, 2.75) is 6.61 Å².